The van der Waals surface area contributed by atoms with Gasteiger partial charge in [0.25, 0.3) is 15.9 Å². The summed E-state index contributed by atoms with van der Waals surface area (Å²) in [4.78, 5) is 27.5. The smallest absolute Gasteiger partial charge is 0.338 e. The molecule has 8 heteroatoms. The van der Waals surface area contributed by atoms with E-state index in [-0.39, 0.29) is 22.4 Å². The maximum absolute atomic E-state index is 13.5. The number of rotatable bonds is 5. The van der Waals surface area contributed by atoms with Crippen LogP contribution in [0.3, 0.4) is 0 Å². The summed E-state index contributed by atoms with van der Waals surface area (Å²) in [5.74, 6) is -1.06. The zero-order valence-electron chi connectivity index (χ0n) is 19.5. The third-order valence-electron chi connectivity index (χ3n) is 6.56. The number of amides is 1. The van der Waals surface area contributed by atoms with E-state index in [0.29, 0.717) is 18.7 Å². The lowest BCUT2D eigenvalue weighted by molar-refractivity contribution is -0.126. The van der Waals surface area contributed by atoms with Gasteiger partial charge in [-0.15, -0.1) is 0 Å². The van der Waals surface area contributed by atoms with E-state index in [9.17, 15) is 18.0 Å². The van der Waals surface area contributed by atoms with Crippen LogP contribution in [0.15, 0.2) is 77.7 Å². The topological polar surface area (TPSA) is 84.0 Å². The highest BCUT2D eigenvalue weighted by Crippen LogP contribution is 2.36. The van der Waals surface area contributed by atoms with Gasteiger partial charge in [-0.2, -0.15) is 0 Å². The molecule has 0 saturated heterocycles. The first-order valence-corrected chi connectivity index (χ1v) is 13.0. The van der Waals surface area contributed by atoms with E-state index in [1.54, 1.807) is 11.0 Å². The lowest BCUT2D eigenvalue weighted by atomic mass is 10.1. The number of ether oxygens (including phenoxy) is 1. The molecule has 0 aromatic heterocycles. The van der Waals surface area contributed by atoms with E-state index in [0.717, 1.165) is 23.2 Å². The average Bonchev–Trinajstić information content (AvgIpc) is 3.44. The van der Waals surface area contributed by atoms with E-state index in [4.69, 9.17) is 4.74 Å². The van der Waals surface area contributed by atoms with Crippen molar-refractivity contribution in [3.63, 3.8) is 0 Å². The van der Waals surface area contributed by atoms with E-state index >= 15 is 0 Å². The Morgan fingerprint density at radius 2 is 1.63 bits per heavy atom. The van der Waals surface area contributed by atoms with Crippen molar-refractivity contribution in [3.05, 3.63) is 89.5 Å². The minimum Gasteiger partial charge on any atom is -0.449 e. The summed E-state index contributed by atoms with van der Waals surface area (Å²) in [5.41, 5.74) is 3.60. The van der Waals surface area contributed by atoms with Crippen LogP contribution in [-0.4, -0.2) is 39.0 Å². The number of para-hydroxylation sites is 2. The molecule has 1 amide bonds. The van der Waals surface area contributed by atoms with Crippen molar-refractivity contribution in [2.45, 2.75) is 43.7 Å². The van der Waals surface area contributed by atoms with E-state index in [1.165, 1.54) is 35.5 Å². The predicted molar refractivity (Wildman–Crippen MR) is 133 cm³/mol. The van der Waals surface area contributed by atoms with Gasteiger partial charge in [0, 0.05) is 18.3 Å². The summed E-state index contributed by atoms with van der Waals surface area (Å²) in [5, 5.41) is 0. The van der Waals surface area contributed by atoms with Crippen molar-refractivity contribution in [1.82, 2.24) is 0 Å². The van der Waals surface area contributed by atoms with E-state index in [1.807, 2.05) is 49.4 Å². The predicted octanol–water partition coefficient (Wildman–Crippen LogP) is 3.96. The van der Waals surface area contributed by atoms with Crippen LogP contribution in [-0.2, 0) is 32.4 Å². The average molecular weight is 491 g/mol. The fourth-order valence-corrected chi connectivity index (χ4v) is 6.61. The van der Waals surface area contributed by atoms with Gasteiger partial charge in [0.15, 0.2) is 6.10 Å². The Kier molecular flexibility index (Phi) is 5.84. The third-order valence-corrected chi connectivity index (χ3v) is 8.48. The first-order valence-electron chi connectivity index (χ1n) is 11.6. The van der Waals surface area contributed by atoms with Crippen LogP contribution in [0.5, 0.6) is 0 Å². The molecule has 7 nitrogen and oxygen atoms in total. The van der Waals surface area contributed by atoms with Gasteiger partial charge in [-0.3, -0.25) is 9.10 Å². The van der Waals surface area contributed by atoms with Crippen LogP contribution in [0.2, 0.25) is 0 Å². The number of benzene rings is 3. The lowest BCUT2D eigenvalue weighted by Crippen LogP contribution is -2.39. The molecule has 35 heavy (non-hydrogen) atoms. The highest BCUT2D eigenvalue weighted by atomic mass is 32.2. The Morgan fingerprint density at radius 1 is 0.943 bits per heavy atom. The summed E-state index contributed by atoms with van der Waals surface area (Å²) in [6, 6.07) is 20.6. The molecule has 2 aliphatic rings. The second kappa shape index (κ2) is 8.85. The van der Waals surface area contributed by atoms with Crippen LogP contribution >= 0.6 is 0 Å². The molecule has 5 rings (SSSR count). The van der Waals surface area contributed by atoms with Crippen molar-refractivity contribution >= 4 is 33.3 Å². The molecular formula is C27H26N2O5S. The number of sulfonamides is 1. The first-order chi connectivity index (χ1) is 16.8. The van der Waals surface area contributed by atoms with Crippen molar-refractivity contribution in [1.29, 1.82) is 0 Å². The Morgan fingerprint density at radius 3 is 2.40 bits per heavy atom. The normalized spacial score (nSPS) is 17.6. The number of hydrogen-bond donors (Lipinski definition) is 0. The maximum atomic E-state index is 13.5. The van der Waals surface area contributed by atoms with Gasteiger partial charge in [0.05, 0.1) is 16.1 Å². The van der Waals surface area contributed by atoms with Crippen molar-refractivity contribution < 1.29 is 22.7 Å². The molecule has 0 bridgehead atoms. The molecular weight excluding hydrogens is 464 g/mol. The molecule has 2 aliphatic heterocycles. The highest BCUT2D eigenvalue weighted by Gasteiger charge is 2.36. The molecule has 2 atom stereocenters. The maximum Gasteiger partial charge on any atom is 0.338 e. The van der Waals surface area contributed by atoms with Crippen LogP contribution in [0.1, 0.15) is 35.3 Å². The molecule has 0 aliphatic carbocycles. The summed E-state index contributed by atoms with van der Waals surface area (Å²) in [6.45, 7) is 3.92. The number of fused-ring (bicyclic) bond motifs is 2. The highest BCUT2D eigenvalue weighted by molar-refractivity contribution is 7.92. The third kappa shape index (κ3) is 4.08. The summed E-state index contributed by atoms with van der Waals surface area (Å²) < 4.78 is 33.9. The second-order valence-electron chi connectivity index (χ2n) is 8.93. The Bertz CT molecular complexity index is 1420. The standard InChI is InChI=1S/C27H26N2O5S/c1-18-16-21-9-4-6-13-25(21)29(18)35(32,33)23-11-7-10-22(17-23)27(31)34-19(2)26(30)28-15-14-20-8-3-5-12-24(20)28/h3-13,17-19H,14-16H2,1-2H3/t18-,19+/m1/s1. The fraction of sp³-hybridized carbons (Fsp3) is 0.259. The summed E-state index contributed by atoms with van der Waals surface area (Å²) in [7, 11) is -3.90. The van der Waals surface area contributed by atoms with Gasteiger partial charge >= 0.3 is 5.97 Å². The van der Waals surface area contributed by atoms with Gasteiger partial charge in [-0.05, 0) is 68.1 Å². The SMILES string of the molecule is C[C@H](OC(=O)c1cccc(S(=O)(=O)N2c3ccccc3C[C@H]2C)c1)C(=O)N1CCc2ccccc21. The molecule has 0 N–H and O–H groups in total. The van der Waals surface area contributed by atoms with Gasteiger partial charge in [0.1, 0.15) is 0 Å². The monoisotopic (exact) mass is 490 g/mol. The fourth-order valence-electron chi connectivity index (χ4n) is 4.87. The number of anilines is 2. The number of carbonyl (C=O) groups is 2. The van der Waals surface area contributed by atoms with Crippen LogP contribution in [0.4, 0.5) is 11.4 Å². The summed E-state index contributed by atoms with van der Waals surface area (Å²) >= 11 is 0. The number of esters is 1. The van der Waals surface area contributed by atoms with Crippen LogP contribution in [0, 0.1) is 0 Å². The zero-order chi connectivity index (χ0) is 24.7. The molecule has 0 spiro atoms. The van der Waals surface area contributed by atoms with Crippen LogP contribution < -0.4 is 9.21 Å². The van der Waals surface area contributed by atoms with Gasteiger partial charge in [-0.1, -0.05) is 42.5 Å². The Hall–Kier alpha value is -3.65. The van der Waals surface area contributed by atoms with Crippen molar-refractivity contribution in [3.8, 4) is 0 Å². The van der Waals surface area contributed by atoms with E-state index < -0.39 is 22.1 Å². The Balaban J connectivity index is 1.35. The van der Waals surface area contributed by atoms with Crippen molar-refractivity contribution in [2.75, 3.05) is 15.7 Å². The minimum atomic E-state index is -3.90. The van der Waals surface area contributed by atoms with Gasteiger partial charge in [0.2, 0.25) is 0 Å². The minimum absolute atomic E-state index is 0.00273. The lowest BCUT2D eigenvalue weighted by Gasteiger charge is -2.25. The second-order valence-corrected chi connectivity index (χ2v) is 10.7. The number of nitrogens with zero attached hydrogens (tertiary/aromatic N) is 2. The molecule has 2 heterocycles. The molecule has 3 aromatic rings. The molecule has 0 fully saturated rings. The molecule has 0 radical (unpaired) electrons. The first kappa shape index (κ1) is 23.1. The number of carbonyl (C=O) groups excluding carboxylic acids is 2. The van der Waals surface area contributed by atoms with Gasteiger partial charge in [-0.25, -0.2) is 13.2 Å². The summed E-state index contributed by atoms with van der Waals surface area (Å²) in [6.07, 6.45) is 0.358. The molecule has 3 aromatic carbocycles. The quantitative estimate of drug-likeness (QED) is 0.506. The zero-order valence-corrected chi connectivity index (χ0v) is 20.4. The largest absolute Gasteiger partial charge is 0.449 e. The van der Waals surface area contributed by atoms with Crippen LogP contribution in [0.25, 0.3) is 0 Å². The Labute approximate surface area is 205 Å². The number of hydrogen-bond acceptors (Lipinski definition) is 5. The van der Waals surface area contributed by atoms with Crippen molar-refractivity contribution in [2.24, 2.45) is 0 Å². The molecule has 0 saturated carbocycles. The van der Waals surface area contributed by atoms with E-state index in [2.05, 4.69) is 0 Å². The van der Waals surface area contributed by atoms with Gasteiger partial charge < -0.3 is 9.64 Å². The molecule has 180 valence electrons. The molecule has 0 unspecified atom stereocenters.